The zero-order valence-corrected chi connectivity index (χ0v) is 19.7. The van der Waals surface area contributed by atoms with Crippen molar-refractivity contribution >= 4 is 21.4 Å². The lowest BCUT2D eigenvalue weighted by Crippen LogP contribution is -2.27. The van der Waals surface area contributed by atoms with Crippen LogP contribution in [-0.2, 0) is 6.42 Å². The summed E-state index contributed by atoms with van der Waals surface area (Å²) < 4.78 is 21.7. The van der Waals surface area contributed by atoms with Crippen LogP contribution in [0.15, 0.2) is 18.2 Å². The highest BCUT2D eigenvalue weighted by atomic mass is 32.1. The minimum atomic E-state index is -0.155. The number of thiophene rings is 1. The molecule has 1 heterocycles. The molecule has 0 amide bonds. The van der Waals surface area contributed by atoms with E-state index in [9.17, 15) is 4.39 Å². The average molecular weight is 431 g/mol. The predicted molar refractivity (Wildman–Crippen MR) is 127 cm³/mol. The quantitative estimate of drug-likeness (QED) is 0.406. The van der Waals surface area contributed by atoms with Crippen molar-refractivity contribution in [3.8, 4) is 5.75 Å². The molecule has 30 heavy (non-hydrogen) atoms. The smallest absolute Gasteiger partial charge is 0.182 e. The van der Waals surface area contributed by atoms with Gasteiger partial charge in [0.2, 0.25) is 0 Å². The Kier molecular flexibility index (Phi) is 7.73. The molecule has 0 radical (unpaired) electrons. The van der Waals surface area contributed by atoms with Crippen LogP contribution in [0, 0.1) is 29.5 Å². The third-order valence-corrected chi connectivity index (χ3v) is 8.96. The molecular weight excluding hydrogens is 391 g/mol. The van der Waals surface area contributed by atoms with Gasteiger partial charge in [-0.2, -0.15) is 0 Å². The first-order valence-electron chi connectivity index (χ1n) is 12.5. The molecule has 1 aromatic carbocycles. The molecule has 2 fully saturated rings. The first-order valence-corrected chi connectivity index (χ1v) is 13.3. The Balaban J connectivity index is 1.25. The largest absolute Gasteiger partial charge is 0.490 e. The molecule has 4 rings (SSSR count). The molecule has 3 heteroatoms. The molecule has 1 nitrogen and oxygen atoms in total. The van der Waals surface area contributed by atoms with Crippen molar-refractivity contribution in [2.45, 2.75) is 90.9 Å². The Bertz CT molecular complexity index is 797. The van der Waals surface area contributed by atoms with Gasteiger partial charge in [0.15, 0.2) is 11.6 Å². The fourth-order valence-electron chi connectivity index (χ4n) is 5.98. The monoisotopic (exact) mass is 430 g/mol. The first-order chi connectivity index (χ1) is 14.7. The summed E-state index contributed by atoms with van der Waals surface area (Å²) in [7, 11) is 0. The van der Waals surface area contributed by atoms with E-state index in [1.807, 2.05) is 12.1 Å². The third kappa shape index (κ3) is 5.21. The standard InChI is InChI=1S/C27H39FOS/c1-3-5-19-7-11-21(12-8-19)22-13-9-20(10-14-22)18-29-25-16-15-23-17-24(6-4-2)30-27(23)26(25)28/h15-17,19-22H,3-14,18H2,1-2H3. The van der Waals surface area contributed by atoms with Gasteiger partial charge in [-0.05, 0) is 92.2 Å². The number of rotatable bonds is 8. The van der Waals surface area contributed by atoms with Crippen LogP contribution in [0.1, 0.15) is 89.4 Å². The van der Waals surface area contributed by atoms with Gasteiger partial charge in [-0.15, -0.1) is 11.3 Å². The zero-order valence-electron chi connectivity index (χ0n) is 18.9. The fourth-order valence-corrected chi connectivity index (χ4v) is 7.17. The molecule has 0 bridgehead atoms. The Morgan fingerprint density at radius 3 is 2.20 bits per heavy atom. The number of benzene rings is 1. The Hall–Kier alpha value is -1.09. The van der Waals surface area contributed by atoms with Gasteiger partial charge >= 0.3 is 0 Å². The second-order valence-corrected chi connectivity index (χ2v) is 11.1. The molecule has 2 aliphatic carbocycles. The highest BCUT2D eigenvalue weighted by Crippen LogP contribution is 2.42. The molecule has 0 atom stereocenters. The molecule has 166 valence electrons. The second kappa shape index (κ2) is 10.5. The Labute approximate surface area is 186 Å². The maximum atomic E-state index is 15.0. The molecule has 2 aliphatic rings. The maximum absolute atomic E-state index is 15.0. The van der Waals surface area contributed by atoms with Crippen LogP contribution in [-0.4, -0.2) is 6.61 Å². The average Bonchev–Trinajstić information content (AvgIpc) is 3.18. The van der Waals surface area contributed by atoms with Crippen LogP contribution in [0.2, 0.25) is 0 Å². The van der Waals surface area contributed by atoms with Gasteiger partial charge < -0.3 is 4.74 Å². The number of aryl methyl sites for hydroxylation is 1. The third-order valence-electron chi connectivity index (χ3n) is 7.76. The van der Waals surface area contributed by atoms with Crippen LogP contribution in [0.25, 0.3) is 10.1 Å². The molecule has 0 aliphatic heterocycles. The van der Waals surface area contributed by atoms with E-state index in [-0.39, 0.29) is 5.82 Å². The van der Waals surface area contributed by atoms with Crippen molar-refractivity contribution < 1.29 is 9.13 Å². The van der Waals surface area contributed by atoms with E-state index in [1.165, 1.54) is 69.1 Å². The lowest BCUT2D eigenvalue weighted by atomic mass is 9.69. The Morgan fingerprint density at radius 2 is 1.57 bits per heavy atom. The van der Waals surface area contributed by atoms with Crippen molar-refractivity contribution in [3.05, 3.63) is 28.9 Å². The van der Waals surface area contributed by atoms with Gasteiger partial charge in [0.05, 0.1) is 11.3 Å². The van der Waals surface area contributed by atoms with E-state index < -0.39 is 0 Å². The number of hydrogen-bond acceptors (Lipinski definition) is 2. The van der Waals surface area contributed by atoms with Crippen LogP contribution in [0.3, 0.4) is 0 Å². The van der Waals surface area contributed by atoms with Crippen LogP contribution < -0.4 is 4.74 Å². The van der Waals surface area contributed by atoms with Gasteiger partial charge in [-0.25, -0.2) is 4.39 Å². The van der Waals surface area contributed by atoms with E-state index in [1.54, 1.807) is 11.3 Å². The van der Waals surface area contributed by atoms with E-state index >= 15 is 0 Å². The maximum Gasteiger partial charge on any atom is 0.182 e. The van der Waals surface area contributed by atoms with Crippen LogP contribution >= 0.6 is 11.3 Å². The topological polar surface area (TPSA) is 9.23 Å². The molecule has 0 spiro atoms. The number of halogens is 1. The summed E-state index contributed by atoms with van der Waals surface area (Å²) in [4.78, 5) is 1.27. The molecular formula is C27H39FOS. The normalized spacial score (nSPS) is 27.4. The summed E-state index contributed by atoms with van der Waals surface area (Å²) in [5.74, 6) is 3.79. The molecule has 0 N–H and O–H groups in total. The fraction of sp³-hybridized carbons (Fsp3) is 0.704. The SMILES string of the molecule is CCCc1cc2ccc(OCC3CCC(C4CCC(CCC)CC4)CC3)c(F)c2s1. The summed E-state index contributed by atoms with van der Waals surface area (Å²) in [5, 5.41) is 1.02. The number of ether oxygens (including phenoxy) is 1. The van der Waals surface area contributed by atoms with Gasteiger partial charge in [-0.1, -0.05) is 46.0 Å². The zero-order chi connectivity index (χ0) is 20.9. The molecule has 0 saturated heterocycles. The lowest BCUT2D eigenvalue weighted by Gasteiger charge is -2.37. The lowest BCUT2D eigenvalue weighted by molar-refractivity contribution is 0.121. The van der Waals surface area contributed by atoms with E-state index in [0.717, 1.165) is 40.7 Å². The van der Waals surface area contributed by atoms with Crippen molar-refractivity contribution in [2.24, 2.45) is 23.7 Å². The minimum absolute atomic E-state index is 0.155. The summed E-state index contributed by atoms with van der Waals surface area (Å²) in [5.41, 5.74) is 0. The number of hydrogen-bond donors (Lipinski definition) is 0. The van der Waals surface area contributed by atoms with Crippen LogP contribution in [0.4, 0.5) is 4.39 Å². The van der Waals surface area contributed by atoms with Crippen molar-refractivity contribution in [1.82, 2.24) is 0 Å². The summed E-state index contributed by atoms with van der Waals surface area (Å²) >= 11 is 1.59. The Morgan fingerprint density at radius 1 is 0.900 bits per heavy atom. The highest BCUT2D eigenvalue weighted by molar-refractivity contribution is 7.19. The number of fused-ring (bicyclic) bond motifs is 1. The van der Waals surface area contributed by atoms with Gasteiger partial charge in [0, 0.05) is 4.88 Å². The van der Waals surface area contributed by atoms with E-state index in [4.69, 9.17) is 4.74 Å². The summed E-state index contributed by atoms with van der Waals surface area (Å²) in [6.07, 6.45) is 16.0. The second-order valence-electron chi connectivity index (χ2n) is 9.92. The molecule has 2 aromatic rings. The highest BCUT2D eigenvalue weighted by Gasteiger charge is 2.31. The molecule has 2 saturated carbocycles. The van der Waals surface area contributed by atoms with E-state index in [2.05, 4.69) is 19.9 Å². The summed E-state index contributed by atoms with van der Waals surface area (Å²) in [6, 6.07) is 5.99. The van der Waals surface area contributed by atoms with Crippen molar-refractivity contribution in [2.75, 3.05) is 6.61 Å². The van der Waals surface area contributed by atoms with Crippen LogP contribution in [0.5, 0.6) is 5.75 Å². The molecule has 1 aromatic heterocycles. The van der Waals surface area contributed by atoms with Crippen molar-refractivity contribution in [3.63, 3.8) is 0 Å². The van der Waals surface area contributed by atoms with Crippen molar-refractivity contribution in [1.29, 1.82) is 0 Å². The van der Waals surface area contributed by atoms with E-state index in [0.29, 0.717) is 18.3 Å². The minimum Gasteiger partial charge on any atom is -0.490 e. The molecule has 0 unspecified atom stereocenters. The van der Waals surface area contributed by atoms with Gasteiger partial charge in [-0.3, -0.25) is 0 Å². The first kappa shape index (κ1) is 22.1. The van der Waals surface area contributed by atoms with Gasteiger partial charge in [0.1, 0.15) is 0 Å². The predicted octanol–water partition coefficient (Wildman–Crippen LogP) is 8.78. The summed E-state index contributed by atoms with van der Waals surface area (Å²) in [6.45, 7) is 5.16. The van der Waals surface area contributed by atoms with Gasteiger partial charge in [0.25, 0.3) is 0 Å².